The number of nitrogens with zero attached hydrogens (tertiary/aromatic N) is 2. The summed E-state index contributed by atoms with van der Waals surface area (Å²) in [6.07, 6.45) is 3.54. The molecule has 0 aliphatic carbocycles. The number of urea groups is 1. The lowest BCUT2D eigenvalue weighted by Gasteiger charge is -2.19. The summed E-state index contributed by atoms with van der Waals surface area (Å²) < 4.78 is 0. The Labute approximate surface area is 163 Å². The molecule has 1 aromatic carbocycles. The van der Waals surface area contributed by atoms with Crippen molar-refractivity contribution < 1.29 is 4.79 Å². The van der Waals surface area contributed by atoms with Crippen LogP contribution in [0.1, 0.15) is 36.9 Å². The molecule has 0 aliphatic heterocycles. The fourth-order valence-electron chi connectivity index (χ4n) is 2.59. The number of carbonyl (C=O) groups excluding carboxylic acids is 1. The fraction of sp³-hybridized carbons (Fsp3) is 0.286. The molecule has 2 heterocycles. The number of amides is 2. The van der Waals surface area contributed by atoms with Gasteiger partial charge in [0, 0.05) is 28.5 Å². The predicted molar refractivity (Wildman–Crippen MR) is 111 cm³/mol. The number of aromatic nitrogens is 2. The minimum absolute atomic E-state index is 0.0937. The molecule has 2 N–H and O–H groups in total. The van der Waals surface area contributed by atoms with Crippen LogP contribution in [0.4, 0.5) is 10.5 Å². The average molecular weight is 381 g/mol. The third kappa shape index (κ3) is 4.92. The summed E-state index contributed by atoms with van der Waals surface area (Å²) in [6.45, 7) is 8.89. The van der Waals surface area contributed by atoms with Gasteiger partial charge in [-0.05, 0) is 42.2 Å². The number of hydrogen-bond donors (Lipinski definition) is 2. The Bertz CT molecular complexity index is 912. The number of anilines is 1. The van der Waals surface area contributed by atoms with Crippen molar-refractivity contribution >= 4 is 23.1 Å². The standard InChI is InChI=1S/C21H24N4OS/c1-14-18(27-19(24-14)15-6-5-11-22-12-15)13-23-20(26)25-17-9-7-16(8-10-17)21(2,3)4/h5-12H,13H2,1-4H3,(H2,23,25,26). The third-order valence-electron chi connectivity index (χ3n) is 4.22. The van der Waals surface area contributed by atoms with E-state index in [-0.39, 0.29) is 11.4 Å². The van der Waals surface area contributed by atoms with Crippen molar-refractivity contribution in [2.24, 2.45) is 0 Å². The second-order valence-electron chi connectivity index (χ2n) is 7.40. The largest absolute Gasteiger partial charge is 0.333 e. The number of pyridine rings is 1. The fourth-order valence-corrected chi connectivity index (χ4v) is 3.59. The lowest BCUT2D eigenvalue weighted by atomic mass is 9.87. The van der Waals surface area contributed by atoms with Crippen LogP contribution in [0.2, 0.25) is 0 Å². The lowest BCUT2D eigenvalue weighted by molar-refractivity contribution is 0.252. The molecule has 0 fully saturated rings. The zero-order valence-corrected chi connectivity index (χ0v) is 16.9. The van der Waals surface area contributed by atoms with Gasteiger partial charge in [-0.1, -0.05) is 32.9 Å². The molecule has 2 aromatic heterocycles. The van der Waals surface area contributed by atoms with Crippen molar-refractivity contribution in [3.63, 3.8) is 0 Å². The van der Waals surface area contributed by atoms with E-state index in [1.807, 2.05) is 43.3 Å². The van der Waals surface area contributed by atoms with Crippen LogP contribution in [-0.2, 0) is 12.0 Å². The summed E-state index contributed by atoms with van der Waals surface area (Å²) in [7, 11) is 0. The van der Waals surface area contributed by atoms with E-state index in [4.69, 9.17) is 0 Å². The van der Waals surface area contributed by atoms with Crippen molar-refractivity contribution in [3.05, 3.63) is 64.9 Å². The molecule has 0 atom stereocenters. The number of hydrogen-bond acceptors (Lipinski definition) is 4. The van der Waals surface area contributed by atoms with Crippen LogP contribution in [0.15, 0.2) is 48.8 Å². The monoisotopic (exact) mass is 380 g/mol. The molecule has 0 saturated carbocycles. The summed E-state index contributed by atoms with van der Waals surface area (Å²) in [5.41, 5.74) is 4.01. The lowest BCUT2D eigenvalue weighted by Crippen LogP contribution is -2.28. The van der Waals surface area contributed by atoms with Gasteiger partial charge in [-0.3, -0.25) is 4.98 Å². The Morgan fingerprint density at radius 1 is 1.15 bits per heavy atom. The van der Waals surface area contributed by atoms with Gasteiger partial charge in [0.15, 0.2) is 0 Å². The van der Waals surface area contributed by atoms with Crippen LogP contribution in [0.25, 0.3) is 10.6 Å². The van der Waals surface area contributed by atoms with Crippen molar-refractivity contribution in [1.29, 1.82) is 0 Å². The van der Waals surface area contributed by atoms with Crippen molar-refractivity contribution in [3.8, 4) is 10.6 Å². The van der Waals surface area contributed by atoms with Crippen LogP contribution in [-0.4, -0.2) is 16.0 Å². The smallest absolute Gasteiger partial charge is 0.319 e. The van der Waals surface area contributed by atoms with Gasteiger partial charge in [-0.15, -0.1) is 11.3 Å². The van der Waals surface area contributed by atoms with E-state index in [2.05, 4.69) is 41.4 Å². The van der Waals surface area contributed by atoms with Gasteiger partial charge in [0.1, 0.15) is 5.01 Å². The maximum absolute atomic E-state index is 12.2. The molecule has 140 valence electrons. The average Bonchev–Trinajstić information content (AvgIpc) is 3.01. The van der Waals surface area contributed by atoms with E-state index in [0.717, 1.165) is 26.8 Å². The van der Waals surface area contributed by atoms with Crippen LogP contribution in [0.5, 0.6) is 0 Å². The summed E-state index contributed by atoms with van der Waals surface area (Å²) >= 11 is 1.57. The van der Waals surface area contributed by atoms with Gasteiger partial charge in [0.05, 0.1) is 12.2 Å². The molecule has 0 spiro atoms. The van der Waals surface area contributed by atoms with Gasteiger partial charge in [0.2, 0.25) is 0 Å². The number of nitrogens with one attached hydrogen (secondary N) is 2. The van der Waals surface area contributed by atoms with Crippen LogP contribution < -0.4 is 10.6 Å². The van der Waals surface area contributed by atoms with Crippen molar-refractivity contribution in [2.45, 2.75) is 39.7 Å². The minimum Gasteiger partial charge on any atom is -0.333 e. The minimum atomic E-state index is -0.228. The zero-order chi connectivity index (χ0) is 19.4. The molecular formula is C21H24N4OS. The second-order valence-corrected chi connectivity index (χ2v) is 8.49. The van der Waals surface area contributed by atoms with Gasteiger partial charge in [0.25, 0.3) is 0 Å². The van der Waals surface area contributed by atoms with Gasteiger partial charge < -0.3 is 10.6 Å². The topological polar surface area (TPSA) is 66.9 Å². The van der Waals surface area contributed by atoms with E-state index in [0.29, 0.717) is 6.54 Å². The highest BCUT2D eigenvalue weighted by Gasteiger charge is 2.14. The Hall–Kier alpha value is -2.73. The number of rotatable bonds is 4. The molecule has 3 rings (SSSR count). The zero-order valence-electron chi connectivity index (χ0n) is 16.0. The normalized spacial score (nSPS) is 11.3. The maximum atomic E-state index is 12.2. The number of carbonyl (C=O) groups is 1. The van der Waals surface area contributed by atoms with E-state index < -0.39 is 0 Å². The first-order chi connectivity index (χ1) is 12.8. The Morgan fingerprint density at radius 2 is 1.89 bits per heavy atom. The molecule has 0 aliphatic rings. The van der Waals surface area contributed by atoms with E-state index in [1.54, 1.807) is 23.7 Å². The number of thiazole rings is 1. The van der Waals surface area contributed by atoms with Crippen LogP contribution >= 0.6 is 11.3 Å². The first-order valence-corrected chi connectivity index (χ1v) is 9.66. The highest BCUT2D eigenvalue weighted by atomic mass is 32.1. The Kier molecular flexibility index (Phi) is 5.56. The van der Waals surface area contributed by atoms with Crippen LogP contribution in [0, 0.1) is 6.92 Å². The number of benzene rings is 1. The highest BCUT2D eigenvalue weighted by molar-refractivity contribution is 7.15. The molecule has 5 nitrogen and oxygen atoms in total. The molecule has 3 aromatic rings. The molecule has 0 bridgehead atoms. The molecule has 27 heavy (non-hydrogen) atoms. The first-order valence-electron chi connectivity index (χ1n) is 8.85. The van der Waals surface area contributed by atoms with Crippen molar-refractivity contribution in [2.75, 3.05) is 5.32 Å². The SMILES string of the molecule is Cc1nc(-c2cccnc2)sc1CNC(=O)Nc1ccc(C(C)(C)C)cc1. The number of aryl methyl sites for hydroxylation is 1. The van der Waals surface area contributed by atoms with E-state index in [1.165, 1.54) is 5.56 Å². The Morgan fingerprint density at radius 3 is 2.52 bits per heavy atom. The second kappa shape index (κ2) is 7.88. The molecule has 0 radical (unpaired) electrons. The maximum Gasteiger partial charge on any atom is 0.319 e. The molecule has 2 amide bonds. The first kappa shape index (κ1) is 19.0. The summed E-state index contributed by atoms with van der Waals surface area (Å²) in [4.78, 5) is 22.0. The van der Waals surface area contributed by atoms with Crippen LogP contribution in [0.3, 0.4) is 0 Å². The summed E-state index contributed by atoms with van der Waals surface area (Å²) in [5, 5.41) is 6.69. The molecule has 6 heteroatoms. The Balaban J connectivity index is 1.59. The van der Waals surface area contributed by atoms with Crippen molar-refractivity contribution in [1.82, 2.24) is 15.3 Å². The highest BCUT2D eigenvalue weighted by Crippen LogP contribution is 2.27. The third-order valence-corrected chi connectivity index (χ3v) is 5.43. The summed E-state index contributed by atoms with van der Waals surface area (Å²) in [6, 6.07) is 11.6. The molecular weight excluding hydrogens is 356 g/mol. The van der Waals surface area contributed by atoms with Gasteiger partial charge in [-0.2, -0.15) is 0 Å². The van der Waals surface area contributed by atoms with E-state index >= 15 is 0 Å². The quantitative estimate of drug-likeness (QED) is 0.659. The predicted octanol–water partition coefficient (Wildman–Crippen LogP) is 5.13. The van der Waals surface area contributed by atoms with E-state index in [9.17, 15) is 4.79 Å². The van der Waals surface area contributed by atoms with Gasteiger partial charge in [-0.25, -0.2) is 9.78 Å². The van der Waals surface area contributed by atoms with Gasteiger partial charge >= 0.3 is 6.03 Å². The summed E-state index contributed by atoms with van der Waals surface area (Å²) in [5.74, 6) is 0. The molecule has 0 saturated heterocycles. The molecule has 0 unspecified atom stereocenters.